The summed E-state index contributed by atoms with van der Waals surface area (Å²) in [7, 11) is 0. The van der Waals surface area contributed by atoms with Crippen molar-refractivity contribution in [1.82, 2.24) is 5.32 Å². The number of hydrogen-bond donors (Lipinski definition) is 1. The van der Waals surface area contributed by atoms with Gasteiger partial charge in [-0.1, -0.05) is 42.4 Å². The van der Waals surface area contributed by atoms with Gasteiger partial charge >= 0.3 is 0 Å². The van der Waals surface area contributed by atoms with Crippen molar-refractivity contribution in [3.05, 3.63) is 46.3 Å². The Morgan fingerprint density at radius 2 is 2.17 bits per heavy atom. The first-order valence-electron chi connectivity index (χ1n) is 6.00. The van der Waals surface area contributed by atoms with Crippen LogP contribution >= 0.6 is 34.7 Å². The molecule has 2 aromatic rings. The third kappa shape index (κ3) is 3.75. The first kappa shape index (κ1) is 13.9. The molecule has 0 fully saturated rings. The SMILES string of the molecule is CCCNCc1c(Cl)cccc1Sc1cccs1. The van der Waals surface area contributed by atoms with Gasteiger partial charge in [-0.2, -0.15) is 0 Å². The molecule has 0 aliphatic heterocycles. The lowest BCUT2D eigenvalue weighted by atomic mass is 10.2. The third-order valence-corrected chi connectivity index (χ3v) is 5.00. The summed E-state index contributed by atoms with van der Waals surface area (Å²) in [4.78, 5) is 1.24. The molecule has 0 aliphatic carbocycles. The van der Waals surface area contributed by atoms with Gasteiger partial charge < -0.3 is 5.32 Å². The summed E-state index contributed by atoms with van der Waals surface area (Å²) < 4.78 is 1.30. The molecular formula is C14H16ClNS2. The highest BCUT2D eigenvalue weighted by molar-refractivity contribution is 8.01. The molecule has 1 N–H and O–H groups in total. The molecule has 1 aromatic carbocycles. The van der Waals surface area contributed by atoms with Crippen molar-refractivity contribution in [2.45, 2.75) is 29.0 Å². The van der Waals surface area contributed by atoms with Gasteiger partial charge in [0.15, 0.2) is 0 Å². The smallest absolute Gasteiger partial charge is 0.0646 e. The second kappa shape index (κ2) is 7.19. The van der Waals surface area contributed by atoms with E-state index in [1.165, 1.54) is 14.7 Å². The number of nitrogens with one attached hydrogen (secondary N) is 1. The molecule has 0 aliphatic rings. The standard InChI is InChI=1S/C14H16ClNS2/c1-2-8-16-10-11-12(15)5-3-6-13(11)18-14-7-4-9-17-14/h3-7,9,16H,2,8,10H2,1H3. The Morgan fingerprint density at radius 3 is 2.89 bits per heavy atom. The highest BCUT2D eigenvalue weighted by Gasteiger charge is 2.08. The van der Waals surface area contributed by atoms with Gasteiger partial charge in [-0.25, -0.2) is 0 Å². The molecule has 4 heteroatoms. The van der Waals surface area contributed by atoms with E-state index in [1.54, 1.807) is 23.1 Å². The molecule has 0 unspecified atom stereocenters. The molecule has 0 radical (unpaired) electrons. The molecule has 1 nitrogen and oxygen atoms in total. The zero-order valence-electron chi connectivity index (χ0n) is 10.3. The van der Waals surface area contributed by atoms with Crippen LogP contribution in [0.25, 0.3) is 0 Å². The molecule has 0 saturated heterocycles. The van der Waals surface area contributed by atoms with Crippen molar-refractivity contribution >= 4 is 34.7 Å². The van der Waals surface area contributed by atoms with Crippen molar-refractivity contribution < 1.29 is 0 Å². The van der Waals surface area contributed by atoms with Crippen molar-refractivity contribution in [3.63, 3.8) is 0 Å². The number of halogens is 1. The molecule has 1 heterocycles. The van der Waals surface area contributed by atoms with E-state index >= 15 is 0 Å². The first-order valence-corrected chi connectivity index (χ1v) is 8.08. The Balaban J connectivity index is 2.15. The normalized spacial score (nSPS) is 10.8. The Morgan fingerprint density at radius 1 is 1.28 bits per heavy atom. The summed E-state index contributed by atoms with van der Waals surface area (Å²) in [6.07, 6.45) is 1.14. The topological polar surface area (TPSA) is 12.0 Å². The number of thiophene rings is 1. The lowest BCUT2D eigenvalue weighted by Gasteiger charge is -2.11. The first-order chi connectivity index (χ1) is 8.81. The van der Waals surface area contributed by atoms with E-state index in [4.69, 9.17) is 11.6 Å². The highest BCUT2D eigenvalue weighted by Crippen LogP contribution is 2.35. The van der Waals surface area contributed by atoms with Crippen LogP contribution < -0.4 is 5.32 Å². The molecule has 0 saturated carbocycles. The van der Waals surface area contributed by atoms with Crippen molar-refractivity contribution in [2.75, 3.05) is 6.54 Å². The zero-order valence-corrected chi connectivity index (χ0v) is 12.7. The Hall–Kier alpha value is -0.480. The molecule has 0 amide bonds. The van der Waals surface area contributed by atoms with Gasteiger partial charge in [0.1, 0.15) is 0 Å². The fraction of sp³-hybridized carbons (Fsp3) is 0.286. The van der Waals surface area contributed by atoms with Gasteiger partial charge in [0.2, 0.25) is 0 Å². The zero-order chi connectivity index (χ0) is 12.8. The maximum Gasteiger partial charge on any atom is 0.0646 e. The van der Waals surface area contributed by atoms with Crippen molar-refractivity contribution in [3.8, 4) is 0 Å². The van der Waals surface area contributed by atoms with Gasteiger partial charge in [-0.3, -0.25) is 0 Å². The van der Waals surface area contributed by atoms with Gasteiger partial charge in [0.25, 0.3) is 0 Å². The molecule has 2 rings (SSSR count). The minimum Gasteiger partial charge on any atom is -0.313 e. The minimum absolute atomic E-state index is 0.835. The van der Waals surface area contributed by atoms with Crippen LogP contribution in [0.3, 0.4) is 0 Å². The van der Waals surface area contributed by atoms with Crippen LogP contribution in [0.15, 0.2) is 44.8 Å². The molecule has 1 aromatic heterocycles. The maximum absolute atomic E-state index is 6.30. The minimum atomic E-state index is 0.835. The van der Waals surface area contributed by atoms with Crippen LogP contribution in [-0.4, -0.2) is 6.54 Å². The van der Waals surface area contributed by atoms with Gasteiger partial charge in [0.05, 0.1) is 4.21 Å². The van der Waals surface area contributed by atoms with E-state index in [1.807, 2.05) is 12.1 Å². The summed E-state index contributed by atoms with van der Waals surface area (Å²) in [5, 5.41) is 6.36. The second-order valence-corrected chi connectivity index (χ2v) is 6.62. The van der Waals surface area contributed by atoms with E-state index in [0.717, 1.165) is 24.5 Å². The Labute approximate surface area is 122 Å². The van der Waals surface area contributed by atoms with E-state index in [2.05, 4.69) is 35.8 Å². The van der Waals surface area contributed by atoms with Gasteiger partial charge in [0, 0.05) is 16.5 Å². The Bertz CT molecular complexity index is 483. The van der Waals surface area contributed by atoms with Crippen LogP contribution in [0.1, 0.15) is 18.9 Å². The Kier molecular flexibility index (Phi) is 5.57. The van der Waals surface area contributed by atoms with Crippen molar-refractivity contribution in [2.24, 2.45) is 0 Å². The van der Waals surface area contributed by atoms with Crippen molar-refractivity contribution in [1.29, 1.82) is 0 Å². The molecule has 96 valence electrons. The van der Waals surface area contributed by atoms with Gasteiger partial charge in [-0.05, 0) is 42.1 Å². The second-order valence-electron chi connectivity index (χ2n) is 3.93. The summed E-state index contributed by atoms with van der Waals surface area (Å²) in [5.74, 6) is 0. The maximum atomic E-state index is 6.30. The monoisotopic (exact) mass is 297 g/mol. The molecule has 0 atom stereocenters. The van der Waals surface area contributed by atoms with Gasteiger partial charge in [-0.15, -0.1) is 11.3 Å². The number of rotatable bonds is 6. The van der Waals surface area contributed by atoms with E-state index in [0.29, 0.717) is 0 Å². The average Bonchev–Trinajstić information content (AvgIpc) is 2.86. The van der Waals surface area contributed by atoms with E-state index in [-0.39, 0.29) is 0 Å². The quantitative estimate of drug-likeness (QED) is 0.749. The lowest BCUT2D eigenvalue weighted by Crippen LogP contribution is -2.14. The highest BCUT2D eigenvalue weighted by atomic mass is 35.5. The molecule has 0 bridgehead atoms. The molecule has 0 spiro atoms. The van der Waals surface area contributed by atoms with E-state index < -0.39 is 0 Å². The van der Waals surface area contributed by atoms with E-state index in [9.17, 15) is 0 Å². The van der Waals surface area contributed by atoms with Crippen LogP contribution in [0.2, 0.25) is 5.02 Å². The summed E-state index contributed by atoms with van der Waals surface area (Å²) in [6, 6.07) is 10.3. The fourth-order valence-corrected chi connectivity index (χ4v) is 3.82. The summed E-state index contributed by atoms with van der Waals surface area (Å²) >= 11 is 9.85. The predicted molar refractivity (Wildman–Crippen MR) is 81.9 cm³/mol. The average molecular weight is 298 g/mol. The summed E-state index contributed by atoms with van der Waals surface area (Å²) in [5.41, 5.74) is 1.20. The van der Waals surface area contributed by atoms with Crippen LogP contribution in [0.4, 0.5) is 0 Å². The van der Waals surface area contributed by atoms with Crippen LogP contribution in [0, 0.1) is 0 Å². The largest absolute Gasteiger partial charge is 0.313 e. The van der Waals surface area contributed by atoms with Crippen LogP contribution in [-0.2, 0) is 6.54 Å². The summed E-state index contributed by atoms with van der Waals surface area (Å²) in [6.45, 7) is 4.02. The number of hydrogen-bond acceptors (Lipinski definition) is 3. The molecular weight excluding hydrogens is 282 g/mol. The third-order valence-electron chi connectivity index (χ3n) is 2.51. The van der Waals surface area contributed by atoms with Crippen LogP contribution in [0.5, 0.6) is 0 Å². The predicted octanol–water partition coefficient (Wildman–Crippen LogP) is 5.05. The molecule has 18 heavy (non-hydrogen) atoms. The number of benzene rings is 1. The lowest BCUT2D eigenvalue weighted by molar-refractivity contribution is 0.669. The fourth-order valence-electron chi connectivity index (χ4n) is 1.63.